The molecule has 0 spiro atoms. The van der Waals surface area contributed by atoms with E-state index in [1.165, 1.54) is 11.3 Å². The highest BCUT2D eigenvalue weighted by molar-refractivity contribution is 7.13. The Balaban J connectivity index is 1.99. The van der Waals surface area contributed by atoms with Gasteiger partial charge in [-0.25, -0.2) is 4.98 Å². The Kier molecular flexibility index (Phi) is 5.41. The molecule has 0 aliphatic carbocycles. The number of nitrogens with zero attached hydrogens (tertiary/aromatic N) is 1. The van der Waals surface area contributed by atoms with Gasteiger partial charge >= 0.3 is 5.97 Å². The number of benzene rings is 1. The van der Waals surface area contributed by atoms with E-state index in [9.17, 15) is 4.79 Å². The van der Waals surface area contributed by atoms with Gasteiger partial charge in [0.15, 0.2) is 5.13 Å². The van der Waals surface area contributed by atoms with Crippen LogP contribution in [0.2, 0.25) is 5.02 Å². The van der Waals surface area contributed by atoms with E-state index in [4.69, 9.17) is 21.4 Å². The van der Waals surface area contributed by atoms with Gasteiger partial charge < -0.3 is 15.2 Å². The van der Waals surface area contributed by atoms with Crippen LogP contribution in [0, 0.1) is 0 Å². The molecule has 7 heteroatoms. The Morgan fingerprint density at radius 2 is 2.33 bits per heavy atom. The van der Waals surface area contributed by atoms with E-state index in [1.54, 1.807) is 13.2 Å². The van der Waals surface area contributed by atoms with Crippen molar-refractivity contribution in [1.29, 1.82) is 0 Å². The van der Waals surface area contributed by atoms with Crippen molar-refractivity contribution in [3.05, 3.63) is 39.9 Å². The standard InChI is InChI=1S/C14H15ClN2O3S/c1-20-12-4-2-3-11(15)10(12)7-16-14-17-9(8-21-14)5-6-13(18)19/h2-4,8H,5-7H2,1H3,(H,16,17)(H,18,19). The summed E-state index contributed by atoms with van der Waals surface area (Å²) in [6.45, 7) is 0.495. The lowest BCUT2D eigenvalue weighted by Crippen LogP contribution is -2.03. The Morgan fingerprint density at radius 1 is 1.52 bits per heavy atom. The summed E-state index contributed by atoms with van der Waals surface area (Å²) in [5.74, 6) is -0.101. The Labute approximate surface area is 131 Å². The summed E-state index contributed by atoms with van der Waals surface area (Å²) in [7, 11) is 1.60. The molecule has 2 rings (SSSR count). The largest absolute Gasteiger partial charge is 0.496 e. The molecule has 5 nitrogen and oxygen atoms in total. The number of rotatable bonds is 7. The fraction of sp³-hybridized carbons (Fsp3) is 0.286. The van der Waals surface area contributed by atoms with Gasteiger partial charge in [-0.3, -0.25) is 4.79 Å². The van der Waals surface area contributed by atoms with Crippen LogP contribution < -0.4 is 10.1 Å². The van der Waals surface area contributed by atoms with Crippen LogP contribution in [-0.4, -0.2) is 23.2 Å². The first kappa shape index (κ1) is 15.6. The van der Waals surface area contributed by atoms with Crippen molar-refractivity contribution in [2.75, 3.05) is 12.4 Å². The average Bonchev–Trinajstić information content (AvgIpc) is 2.91. The number of halogens is 1. The van der Waals surface area contributed by atoms with E-state index in [1.807, 2.05) is 17.5 Å². The summed E-state index contributed by atoms with van der Waals surface area (Å²) in [6, 6.07) is 5.49. The molecule has 0 atom stereocenters. The molecule has 0 radical (unpaired) electrons. The quantitative estimate of drug-likeness (QED) is 0.815. The number of aromatic nitrogens is 1. The van der Waals surface area contributed by atoms with E-state index < -0.39 is 5.97 Å². The molecule has 0 bridgehead atoms. The van der Waals surface area contributed by atoms with Crippen molar-refractivity contribution in [3.63, 3.8) is 0 Å². The molecule has 21 heavy (non-hydrogen) atoms. The van der Waals surface area contributed by atoms with E-state index in [2.05, 4.69) is 10.3 Å². The van der Waals surface area contributed by atoms with Crippen LogP contribution in [0.25, 0.3) is 0 Å². The number of hydrogen-bond acceptors (Lipinski definition) is 5. The lowest BCUT2D eigenvalue weighted by Gasteiger charge is -2.10. The molecular weight excluding hydrogens is 312 g/mol. The normalized spacial score (nSPS) is 10.4. The van der Waals surface area contributed by atoms with E-state index in [0.29, 0.717) is 18.0 Å². The summed E-state index contributed by atoms with van der Waals surface area (Å²) < 4.78 is 5.28. The summed E-state index contributed by atoms with van der Waals surface area (Å²) in [6.07, 6.45) is 0.518. The van der Waals surface area contributed by atoms with Crippen molar-refractivity contribution in [2.24, 2.45) is 0 Å². The second-order valence-corrected chi connectivity index (χ2v) is 5.58. The number of aliphatic carboxylic acids is 1. The van der Waals surface area contributed by atoms with Crippen LogP contribution >= 0.6 is 22.9 Å². The van der Waals surface area contributed by atoms with Crippen molar-refractivity contribution in [3.8, 4) is 5.75 Å². The highest BCUT2D eigenvalue weighted by Crippen LogP contribution is 2.27. The second-order valence-electron chi connectivity index (χ2n) is 4.31. The van der Waals surface area contributed by atoms with E-state index >= 15 is 0 Å². The van der Waals surface area contributed by atoms with E-state index in [0.717, 1.165) is 22.1 Å². The van der Waals surface area contributed by atoms with Crippen molar-refractivity contribution >= 4 is 34.0 Å². The topological polar surface area (TPSA) is 71.5 Å². The van der Waals surface area contributed by atoms with Crippen LogP contribution in [0.15, 0.2) is 23.6 Å². The number of nitrogens with one attached hydrogen (secondary N) is 1. The number of carbonyl (C=O) groups is 1. The zero-order chi connectivity index (χ0) is 15.2. The average molecular weight is 327 g/mol. The summed E-state index contributed by atoms with van der Waals surface area (Å²) in [4.78, 5) is 14.9. The number of carboxylic acids is 1. The molecule has 2 N–H and O–H groups in total. The zero-order valence-electron chi connectivity index (χ0n) is 11.4. The summed E-state index contributed by atoms with van der Waals surface area (Å²) in [5, 5.41) is 15.1. The maximum Gasteiger partial charge on any atom is 0.303 e. The van der Waals surface area contributed by atoms with Crippen molar-refractivity contribution in [2.45, 2.75) is 19.4 Å². The monoisotopic (exact) mass is 326 g/mol. The third-order valence-electron chi connectivity index (χ3n) is 2.86. The molecule has 0 aliphatic heterocycles. The molecule has 0 saturated carbocycles. The van der Waals surface area contributed by atoms with Gasteiger partial charge in [-0.1, -0.05) is 17.7 Å². The molecule has 1 aromatic heterocycles. The molecule has 1 heterocycles. The van der Waals surface area contributed by atoms with Gasteiger partial charge in [-0.05, 0) is 12.1 Å². The Bertz CT molecular complexity index is 630. The van der Waals surface area contributed by atoms with Gasteiger partial charge in [0.2, 0.25) is 0 Å². The molecule has 112 valence electrons. The Hall–Kier alpha value is -1.79. The van der Waals surface area contributed by atoms with Gasteiger partial charge in [0.05, 0.1) is 19.2 Å². The minimum Gasteiger partial charge on any atom is -0.496 e. The van der Waals surface area contributed by atoms with Crippen molar-refractivity contribution < 1.29 is 14.6 Å². The first-order chi connectivity index (χ1) is 10.1. The smallest absolute Gasteiger partial charge is 0.303 e. The first-order valence-electron chi connectivity index (χ1n) is 6.31. The number of ether oxygens (including phenoxy) is 1. The molecule has 0 unspecified atom stereocenters. The lowest BCUT2D eigenvalue weighted by atomic mass is 10.2. The molecular formula is C14H15ClN2O3S. The number of aryl methyl sites for hydroxylation is 1. The zero-order valence-corrected chi connectivity index (χ0v) is 13.0. The summed E-state index contributed by atoms with van der Waals surface area (Å²) in [5.41, 5.74) is 1.64. The van der Waals surface area contributed by atoms with Crippen molar-refractivity contribution in [1.82, 2.24) is 4.98 Å². The van der Waals surface area contributed by atoms with E-state index in [-0.39, 0.29) is 6.42 Å². The van der Waals surface area contributed by atoms with Crippen LogP contribution in [0.1, 0.15) is 17.7 Å². The fourth-order valence-electron chi connectivity index (χ4n) is 1.80. The maximum atomic E-state index is 10.5. The summed E-state index contributed by atoms with van der Waals surface area (Å²) >= 11 is 7.60. The number of methoxy groups -OCH3 is 1. The predicted octanol–water partition coefficient (Wildman–Crippen LogP) is 3.43. The third-order valence-corrected chi connectivity index (χ3v) is 4.06. The number of hydrogen-bond donors (Lipinski definition) is 2. The number of thiazole rings is 1. The molecule has 0 aliphatic rings. The minimum absolute atomic E-state index is 0.0848. The van der Waals surface area contributed by atoms with Crippen LogP contribution in [0.5, 0.6) is 5.75 Å². The highest BCUT2D eigenvalue weighted by atomic mass is 35.5. The lowest BCUT2D eigenvalue weighted by molar-refractivity contribution is -0.136. The van der Waals surface area contributed by atoms with Gasteiger partial charge in [-0.15, -0.1) is 11.3 Å². The number of anilines is 1. The Morgan fingerprint density at radius 3 is 3.05 bits per heavy atom. The third kappa shape index (κ3) is 4.34. The van der Waals surface area contributed by atoms with Crippen LogP contribution in [0.3, 0.4) is 0 Å². The van der Waals surface area contributed by atoms with Crippen LogP contribution in [0.4, 0.5) is 5.13 Å². The molecule has 0 fully saturated rings. The fourth-order valence-corrected chi connectivity index (χ4v) is 2.78. The van der Waals surface area contributed by atoms with Gasteiger partial charge in [0.25, 0.3) is 0 Å². The van der Waals surface area contributed by atoms with Crippen LogP contribution in [-0.2, 0) is 17.8 Å². The first-order valence-corrected chi connectivity index (χ1v) is 7.57. The number of carboxylic acid groups (broad SMARTS) is 1. The van der Waals surface area contributed by atoms with Gasteiger partial charge in [0.1, 0.15) is 5.75 Å². The maximum absolute atomic E-state index is 10.5. The molecule has 2 aromatic rings. The van der Waals surface area contributed by atoms with Gasteiger partial charge in [0, 0.05) is 28.9 Å². The minimum atomic E-state index is -0.821. The molecule has 0 saturated heterocycles. The highest BCUT2D eigenvalue weighted by Gasteiger charge is 2.09. The van der Waals surface area contributed by atoms with Gasteiger partial charge in [-0.2, -0.15) is 0 Å². The SMILES string of the molecule is COc1cccc(Cl)c1CNc1nc(CCC(=O)O)cs1. The molecule has 0 amide bonds. The second kappa shape index (κ2) is 7.28. The predicted molar refractivity (Wildman–Crippen MR) is 83.4 cm³/mol. The molecule has 1 aromatic carbocycles.